The van der Waals surface area contributed by atoms with Crippen LogP contribution in [0.2, 0.25) is 0 Å². The zero-order chi connectivity index (χ0) is 11.7. The Morgan fingerprint density at radius 2 is 2.06 bits per heavy atom. The van der Waals surface area contributed by atoms with E-state index in [0.717, 1.165) is 25.6 Å². The van der Waals surface area contributed by atoms with E-state index < -0.39 is 0 Å². The van der Waals surface area contributed by atoms with Crippen LogP contribution in [-0.2, 0) is 6.54 Å². The van der Waals surface area contributed by atoms with E-state index in [-0.39, 0.29) is 0 Å². The number of benzene rings is 1. The van der Waals surface area contributed by atoms with Crippen LogP contribution in [0.5, 0.6) is 0 Å². The molecule has 1 aromatic carbocycles. The molecule has 2 aliphatic rings. The van der Waals surface area contributed by atoms with E-state index in [0.29, 0.717) is 0 Å². The normalized spacial score (nSPS) is 19.6. The van der Waals surface area contributed by atoms with Crippen LogP contribution in [-0.4, -0.2) is 26.0 Å². The van der Waals surface area contributed by atoms with Gasteiger partial charge in [-0.25, -0.2) is 0 Å². The van der Waals surface area contributed by atoms with Crippen molar-refractivity contribution in [2.45, 2.75) is 19.4 Å². The first kappa shape index (κ1) is 10.8. The van der Waals surface area contributed by atoms with E-state index in [1.807, 2.05) is 7.05 Å². The number of hydrogen-bond acceptors (Lipinski definition) is 3. The van der Waals surface area contributed by atoms with Crippen LogP contribution in [0.1, 0.15) is 18.4 Å². The van der Waals surface area contributed by atoms with Gasteiger partial charge in [-0.2, -0.15) is 0 Å². The molecule has 0 saturated heterocycles. The highest BCUT2D eigenvalue weighted by atomic mass is 15.2. The van der Waals surface area contributed by atoms with Crippen molar-refractivity contribution in [2.24, 2.45) is 10.9 Å². The molecule has 1 aromatic rings. The van der Waals surface area contributed by atoms with Gasteiger partial charge in [0, 0.05) is 24.7 Å². The van der Waals surface area contributed by atoms with Crippen molar-refractivity contribution in [1.82, 2.24) is 5.32 Å². The molecule has 1 heterocycles. The summed E-state index contributed by atoms with van der Waals surface area (Å²) in [5, 5.41) is 3.17. The van der Waals surface area contributed by atoms with Crippen LogP contribution in [0.25, 0.3) is 0 Å². The van der Waals surface area contributed by atoms with Gasteiger partial charge in [0.15, 0.2) is 0 Å². The van der Waals surface area contributed by atoms with Crippen molar-refractivity contribution in [3.05, 3.63) is 29.8 Å². The third kappa shape index (κ3) is 2.20. The van der Waals surface area contributed by atoms with Gasteiger partial charge in [-0.3, -0.25) is 4.99 Å². The number of rotatable bonds is 4. The predicted octanol–water partition coefficient (Wildman–Crippen LogP) is 2.03. The van der Waals surface area contributed by atoms with E-state index in [9.17, 15) is 0 Å². The van der Waals surface area contributed by atoms with Crippen LogP contribution < -0.4 is 10.2 Å². The zero-order valence-electron chi connectivity index (χ0n) is 10.3. The summed E-state index contributed by atoms with van der Waals surface area (Å²) in [4.78, 5) is 7.03. The van der Waals surface area contributed by atoms with Crippen molar-refractivity contribution < 1.29 is 0 Å². The molecule has 0 spiro atoms. The van der Waals surface area contributed by atoms with Gasteiger partial charge in [0.05, 0.1) is 6.54 Å². The topological polar surface area (TPSA) is 27.6 Å². The van der Waals surface area contributed by atoms with E-state index >= 15 is 0 Å². The maximum atomic E-state index is 4.64. The Bertz CT molecular complexity index is 418. The van der Waals surface area contributed by atoms with Crippen LogP contribution in [0.4, 0.5) is 5.69 Å². The summed E-state index contributed by atoms with van der Waals surface area (Å²) in [6.07, 6.45) is 2.65. The van der Waals surface area contributed by atoms with Gasteiger partial charge in [-0.15, -0.1) is 0 Å². The molecule has 0 radical (unpaired) electrons. The van der Waals surface area contributed by atoms with E-state index in [1.165, 1.54) is 29.9 Å². The molecule has 3 heteroatoms. The predicted molar refractivity (Wildman–Crippen MR) is 71.6 cm³/mol. The summed E-state index contributed by atoms with van der Waals surface area (Å²) in [6, 6.07) is 8.84. The monoisotopic (exact) mass is 229 g/mol. The maximum Gasteiger partial charge on any atom is 0.107 e. The van der Waals surface area contributed by atoms with Crippen molar-refractivity contribution in [3.63, 3.8) is 0 Å². The second kappa shape index (κ2) is 4.49. The van der Waals surface area contributed by atoms with Crippen LogP contribution in [0.3, 0.4) is 0 Å². The molecule has 1 aliphatic carbocycles. The fourth-order valence-corrected chi connectivity index (χ4v) is 2.41. The van der Waals surface area contributed by atoms with Gasteiger partial charge in [-0.1, -0.05) is 12.1 Å². The molecule has 0 bridgehead atoms. The number of hydrogen-bond donors (Lipinski definition) is 1. The lowest BCUT2D eigenvalue weighted by Gasteiger charge is -2.20. The molecular weight excluding hydrogens is 210 g/mol. The Kier molecular flexibility index (Phi) is 2.85. The van der Waals surface area contributed by atoms with E-state index in [1.54, 1.807) is 0 Å². The first-order valence-corrected chi connectivity index (χ1v) is 6.44. The van der Waals surface area contributed by atoms with Crippen molar-refractivity contribution in [1.29, 1.82) is 0 Å². The maximum absolute atomic E-state index is 4.64. The Morgan fingerprint density at radius 1 is 1.29 bits per heavy atom. The number of amidine groups is 1. The molecule has 0 atom stereocenters. The standard InChI is InChI=1S/C14H19N3/c1-15-10-11-2-6-13(7-3-11)17-9-8-16-14(17)12-4-5-12/h2-3,6-7,12,15H,4-5,8-10H2,1H3. The molecular formula is C14H19N3. The molecule has 0 unspecified atom stereocenters. The van der Waals surface area contributed by atoms with Gasteiger partial charge in [0.1, 0.15) is 5.84 Å². The number of aliphatic imine (C=N–C) groups is 1. The quantitative estimate of drug-likeness (QED) is 0.855. The summed E-state index contributed by atoms with van der Waals surface area (Å²) in [7, 11) is 1.98. The average Bonchev–Trinajstić information content (AvgIpc) is 3.09. The summed E-state index contributed by atoms with van der Waals surface area (Å²) >= 11 is 0. The molecule has 1 saturated carbocycles. The minimum absolute atomic E-state index is 0.745. The molecule has 1 aliphatic heterocycles. The second-order valence-corrected chi connectivity index (χ2v) is 4.86. The molecule has 3 nitrogen and oxygen atoms in total. The van der Waals surface area contributed by atoms with Crippen molar-refractivity contribution >= 4 is 11.5 Å². The number of nitrogens with zero attached hydrogens (tertiary/aromatic N) is 2. The zero-order valence-corrected chi connectivity index (χ0v) is 10.3. The van der Waals surface area contributed by atoms with Crippen LogP contribution >= 0.6 is 0 Å². The fourth-order valence-electron chi connectivity index (χ4n) is 2.41. The molecule has 3 rings (SSSR count). The van der Waals surface area contributed by atoms with Crippen molar-refractivity contribution in [3.8, 4) is 0 Å². The molecule has 17 heavy (non-hydrogen) atoms. The van der Waals surface area contributed by atoms with E-state index in [4.69, 9.17) is 0 Å². The number of nitrogens with one attached hydrogen (secondary N) is 1. The molecule has 1 N–H and O–H groups in total. The Labute approximate surface area is 103 Å². The highest BCUT2D eigenvalue weighted by Crippen LogP contribution is 2.35. The first-order chi connectivity index (χ1) is 8.38. The third-order valence-electron chi connectivity index (χ3n) is 3.45. The van der Waals surface area contributed by atoms with Crippen molar-refractivity contribution in [2.75, 3.05) is 25.0 Å². The van der Waals surface area contributed by atoms with Gasteiger partial charge in [0.2, 0.25) is 0 Å². The lowest BCUT2D eigenvalue weighted by atomic mass is 10.2. The third-order valence-corrected chi connectivity index (χ3v) is 3.45. The van der Waals surface area contributed by atoms with Crippen LogP contribution in [0, 0.1) is 5.92 Å². The summed E-state index contributed by atoms with van der Waals surface area (Å²) < 4.78 is 0. The average molecular weight is 229 g/mol. The Morgan fingerprint density at radius 3 is 2.71 bits per heavy atom. The lowest BCUT2D eigenvalue weighted by molar-refractivity contribution is 0.818. The molecule has 0 amide bonds. The summed E-state index contributed by atoms with van der Waals surface area (Å²) in [5.41, 5.74) is 2.63. The SMILES string of the molecule is CNCc1ccc(N2CCN=C2C2CC2)cc1. The minimum atomic E-state index is 0.745. The van der Waals surface area contributed by atoms with Crippen LogP contribution in [0.15, 0.2) is 29.3 Å². The minimum Gasteiger partial charge on any atom is -0.328 e. The highest BCUT2D eigenvalue weighted by Gasteiger charge is 2.33. The summed E-state index contributed by atoms with van der Waals surface area (Å²) in [6.45, 7) is 2.95. The smallest absolute Gasteiger partial charge is 0.107 e. The van der Waals surface area contributed by atoms with Gasteiger partial charge < -0.3 is 10.2 Å². The Hall–Kier alpha value is -1.35. The lowest BCUT2D eigenvalue weighted by Crippen LogP contribution is -2.28. The summed E-state index contributed by atoms with van der Waals surface area (Å²) in [5.74, 6) is 2.07. The second-order valence-electron chi connectivity index (χ2n) is 4.86. The molecule has 90 valence electrons. The van der Waals surface area contributed by atoms with Gasteiger partial charge >= 0.3 is 0 Å². The first-order valence-electron chi connectivity index (χ1n) is 6.44. The molecule has 0 aromatic heterocycles. The highest BCUT2D eigenvalue weighted by molar-refractivity contribution is 6.02. The largest absolute Gasteiger partial charge is 0.328 e. The molecule has 1 fully saturated rings. The Balaban J connectivity index is 1.77. The van der Waals surface area contributed by atoms with Gasteiger partial charge in [0.25, 0.3) is 0 Å². The number of anilines is 1. The van der Waals surface area contributed by atoms with Gasteiger partial charge in [-0.05, 0) is 37.6 Å². The van der Waals surface area contributed by atoms with E-state index in [2.05, 4.69) is 39.5 Å². The fraction of sp³-hybridized carbons (Fsp3) is 0.500.